The van der Waals surface area contributed by atoms with Crippen LogP contribution in [0.4, 0.5) is 5.82 Å². The minimum absolute atomic E-state index is 0.410. The van der Waals surface area contributed by atoms with Gasteiger partial charge in [-0.25, -0.2) is 14.6 Å². The maximum Gasteiger partial charge on any atom is 0.133 e. The maximum atomic E-state index is 5.92. The van der Waals surface area contributed by atoms with E-state index in [0.29, 0.717) is 16.7 Å². The highest BCUT2D eigenvalue weighted by molar-refractivity contribution is 6.30. The molecule has 0 saturated heterocycles. The molecule has 0 aliphatic rings. The summed E-state index contributed by atoms with van der Waals surface area (Å²) in [5.74, 6) is 0.410. The van der Waals surface area contributed by atoms with Crippen LogP contribution in [0.5, 0.6) is 0 Å². The molecule has 7 heteroatoms. The van der Waals surface area contributed by atoms with Crippen molar-refractivity contribution < 1.29 is 0 Å². The summed E-state index contributed by atoms with van der Waals surface area (Å²) in [6, 6.07) is 3.64. The number of pyridine rings is 2. The van der Waals surface area contributed by atoms with Crippen molar-refractivity contribution in [3.05, 3.63) is 29.7 Å². The number of hydrogen-bond donors (Lipinski definition) is 1. The Morgan fingerprint density at radius 1 is 1.28 bits per heavy atom. The fourth-order valence-electron chi connectivity index (χ4n) is 1.80. The van der Waals surface area contributed by atoms with Crippen LogP contribution in [0.2, 0.25) is 5.15 Å². The third kappa shape index (κ3) is 1.67. The van der Waals surface area contributed by atoms with E-state index in [1.54, 1.807) is 30.2 Å². The molecule has 0 unspecified atom stereocenters. The number of rotatable bonds is 1. The van der Waals surface area contributed by atoms with Crippen LogP contribution < -0.4 is 5.73 Å². The number of anilines is 1. The highest BCUT2D eigenvalue weighted by Gasteiger charge is 2.09. The van der Waals surface area contributed by atoms with Crippen LogP contribution >= 0.6 is 11.6 Å². The number of halogens is 1. The van der Waals surface area contributed by atoms with Crippen LogP contribution in [0, 0.1) is 0 Å². The molecule has 90 valence electrons. The number of nitrogens with zero attached hydrogens (tertiary/aromatic N) is 5. The summed E-state index contributed by atoms with van der Waals surface area (Å²) in [7, 11) is 1.80. The molecule has 0 saturated carbocycles. The minimum Gasteiger partial charge on any atom is -0.383 e. The molecule has 3 aromatic rings. The van der Waals surface area contributed by atoms with Crippen LogP contribution in [0.15, 0.2) is 24.5 Å². The lowest BCUT2D eigenvalue weighted by Gasteiger charge is -2.05. The summed E-state index contributed by atoms with van der Waals surface area (Å²) in [5, 5.41) is 9.77. The summed E-state index contributed by atoms with van der Waals surface area (Å²) in [6.45, 7) is 0. The number of aromatic nitrogens is 5. The topological polar surface area (TPSA) is 82.5 Å². The highest BCUT2D eigenvalue weighted by atomic mass is 35.5. The van der Waals surface area contributed by atoms with E-state index >= 15 is 0 Å². The quantitative estimate of drug-likeness (QED) is 0.673. The van der Waals surface area contributed by atoms with Crippen molar-refractivity contribution in [1.29, 1.82) is 0 Å². The third-order valence-corrected chi connectivity index (χ3v) is 2.90. The normalized spacial score (nSPS) is 11.0. The molecule has 0 bridgehead atoms. The van der Waals surface area contributed by atoms with Crippen LogP contribution in [-0.2, 0) is 7.05 Å². The molecule has 0 aromatic carbocycles. The standard InChI is InChI=1S/C11H9ClN6/c1-18-9(5-15-17-18)8-2-6-3-10(12)14-4-7(6)11(13)16-8/h2-5H,1H3,(H2,13,16). The van der Waals surface area contributed by atoms with Gasteiger partial charge < -0.3 is 5.73 Å². The fraction of sp³-hybridized carbons (Fsp3) is 0.0909. The lowest BCUT2D eigenvalue weighted by Crippen LogP contribution is -1.99. The first-order chi connectivity index (χ1) is 8.65. The van der Waals surface area contributed by atoms with Gasteiger partial charge >= 0.3 is 0 Å². The molecule has 0 fully saturated rings. The molecule has 3 heterocycles. The summed E-state index contributed by atoms with van der Waals surface area (Å²) in [4.78, 5) is 8.32. The SMILES string of the molecule is Cn1nncc1-c1cc2cc(Cl)ncc2c(N)n1. The Kier molecular flexibility index (Phi) is 2.38. The van der Waals surface area contributed by atoms with E-state index in [4.69, 9.17) is 17.3 Å². The predicted molar refractivity (Wildman–Crippen MR) is 69.0 cm³/mol. The first-order valence-corrected chi connectivity index (χ1v) is 5.60. The minimum atomic E-state index is 0.410. The molecule has 3 rings (SSSR count). The summed E-state index contributed by atoms with van der Waals surface area (Å²) in [6.07, 6.45) is 3.25. The number of nitrogens with two attached hydrogens (primary N) is 1. The van der Waals surface area contributed by atoms with Crippen LogP contribution in [-0.4, -0.2) is 25.0 Å². The van der Waals surface area contributed by atoms with Gasteiger partial charge in [0.2, 0.25) is 0 Å². The van der Waals surface area contributed by atoms with Crippen LogP contribution in [0.25, 0.3) is 22.2 Å². The predicted octanol–water partition coefficient (Wildman–Crippen LogP) is 1.66. The van der Waals surface area contributed by atoms with Gasteiger partial charge in [-0.05, 0) is 17.5 Å². The van der Waals surface area contributed by atoms with E-state index < -0.39 is 0 Å². The van der Waals surface area contributed by atoms with Crippen molar-refractivity contribution in [2.24, 2.45) is 7.05 Å². The zero-order valence-electron chi connectivity index (χ0n) is 9.50. The molecular weight excluding hydrogens is 252 g/mol. The molecule has 2 N–H and O–H groups in total. The van der Waals surface area contributed by atoms with Gasteiger partial charge in [-0.15, -0.1) is 5.10 Å². The monoisotopic (exact) mass is 260 g/mol. The average Bonchev–Trinajstić information content (AvgIpc) is 2.74. The van der Waals surface area contributed by atoms with E-state index in [9.17, 15) is 0 Å². The Morgan fingerprint density at radius 2 is 2.11 bits per heavy atom. The van der Waals surface area contributed by atoms with E-state index in [1.807, 2.05) is 6.07 Å². The van der Waals surface area contributed by atoms with Gasteiger partial charge in [-0.3, -0.25) is 0 Å². The Hall–Kier alpha value is -2.21. The van der Waals surface area contributed by atoms with Crippen molar-refractivity contribution in [2.45, 2.75) is 0 Å². The molecule has 0 spiro atoms. The third-order valence-electron chi connectivity index (χ3n) is 2.69. The van der Waals surface area contributed by atoms with Crippen LogP contribution in [0.1, 0.15) is 0 Å². The van der Waals surface area contributed by atoms with Gasteiger partial charge in [0.05, 0.1) is 11.9 Å². The van der Waals surface area contributed by atoms with Crippen molar-refractivity contribution >= 4 is 28.2 Å². The molecular formula is C11H9ClN6. The Morgan fingerprint density at radius 3 is 2.83 bits per heavy atom. The molecule has 6 nitrogen and oxygen atoms in total. The first-order valence-electron chi connectivity index (χ1n) is 5.22. The summed E-state index contributed by atoms with van der Waals surface area (Å²) < 4.78 is 1.64. The number of aryl methyl sites for hydroxylation is 1. The Balaban J connectivity index is 2.30. The first kappa shape index (κ1) is 10.9. The van der Waals surface area contributed by atoms with Crippen molar-refractivity contribution in [3.63, 3.8) is 0 Å². The summed E-state index contributed by atoms with van der Waals surface area (Å²) >= 11 is 5.88. The molecule has 0 aliphatic carbocycles. The molecule has 3 aromatic heterocycles. The van der Waals surface area contributed by atoms with E-state index in [-0.39, 0.29) is 0 Å². The highest BCUT2D eigenvalue weighted by Crippen LogP contribution is 2.26. The largest absolute Gasteiger partial charge is 0.383 e. The van der Waals surface area contributed by atoms with Crippen LogP contribution in [0.3, 0.4) is 0 Å². The van der Waals surface area contributed by atoms with Crippen molar-refractivity contribution in [1.82, 2.24) is 25.0 Å². The fourth-order valence-corrected chi connectivity index (χ4v) is 1.97. The van der Waals surface area contributed by atoms with Gasteiger partial charge in [-0.2, -0.15) is 0 Å². The zero-order valence-corrected chi connectivity index (χ0v) is 10.3. The lowest BCUT2D eigenvalue weighted by atomic mass is 10.1. The smallest absolute Gasteiger partial charge is 0.133 e. The van der Waals surface area contributed by atoms with E-state index in [2.05, 4.69) is 20.3 Å². The second-order valence-electron chi connectivity index (χ2n) is 3.86. The van der Waals surface area contributed by atoms with Gasteiger partial charge in [0.25, 0.3) is 0 Å². The molecule has 18 heavy (non-hydrogen) atoms. The van der Waals surface area contributed by atoms with E-state index in [1.165, 1.54) is 0 Å². The van der Waals surface area contributed by atoms with Crippen molar-refractivity contribution in [2.75, 3.05) is 5.73 Å². The van der Waals surface area contributed by atoms with Gasteiger partial charge in [0, 0.05) is 18.6 Å². The van der Waals surface area contributed by atoms with Gasteiger partial charge in [-0.1, -0.05) is 16.8 Å². The molecule has 0 radical (unpaired) electrons. The molecule has 0 atom stereocenters. The number of nitrogen functional groups attached to an aromatic ring is 1. The lowest BCUT2D eigenvalue weighted by molar-refractivity contribution is 0.719. The average molecular weight is 261 g/mol. The van der Waals surface area contributed by atoms with Gasteiger partial charge in [0.1, 0.15) is 16.7 Å². The number of fused-ring (bicyclic) bond motifs is 1. The zero-order chi connectivity index (χ0) is 12.7. The second kappa shape index (κ2) is 3.92. The Labute approximate surface area is 107 Å². The maximum absolute atomic E-state index is 5.92. The Bertz CT molecular complexity index is 735. The number of hydrogen-bond acceptors (Lipinski definition) is 5. The van der Waals surface area contributed by atoms with Gasteiger partial charge in [0.15, 0.2) is 0 Å². The second-order valence-corrected chi connectivity index (χ2v) is 4.25. The van der Waals surface area contributed by atoms with E-state index in [0.717, 1.165) is 16.5 Å². The molecule has 0 amide bonds. The summed E-state index contributed by atoms with van der Waals surface area (Å²) in [5.41, 5.74) is 7.41. The van der Waals surface area contributed by atoms with Crippen molar-refractivity contribution in [3.8, 4) is 11.4 Å². The molecule has 0 aliphatic heterocycles.